The van der Waals surface area contributed by atoms with E-state index in [0.717, 1.165) is 23.3 Å². The van der Waals surface area contributed by atoms with Crippen molar-refractivity contribution in [3.05, 3.63) is 39.9 Å². The van der Waals surface area contributed by atoms with E-state index in [1.54, 1.807) is 11.8 Å². The van der Waals surface area contributed by atoms with Gasteiger partial charge in [-0.25, -0.2) is 0 Å². The topological polar surface area (TPSA) is 89.7 Å². The second-order valence-corrected chi connectivity index (χ2v) is 8.62. The lowest BCUT2D eigenvalue weighted by molar-refractivity contribution is -0.537. The van der Waals surface area contributed by atoms with Gasteiger partial charge in [-0.05, 0) is 37.8 Å². The highest BCUT2D eigenvalue weighted by molar-refractivity contribution is 8.00. The molecule has 1 aromatic rings. The average Bonchev–Trinajstić information content (AvgIpc) is 2.62. The quantitative estimate of drug-likeness (QED) is 0.518. The van der Waals surface area contributed by atoms with Crippen LogP contribution in [0.1, 0.15) is 45.6 Å². The summed E-state index contributed by atoms with van der Waals surface area (Å²) < 4.78 is 6.22. The number of thioether (sulfide) groups is 1. The summed E-state index contributed by atoms with van der Waals surface area (Å²) in [6.45, 7) is 7.95. The molecule has 1 fully saturated rings. The number of aliphatic carboxylic acids is 1. The van der Waals surface area contributed by atoms with Crippen molar-refractivity contribution in [2.45, 2.75) is 75.4 Å². The number of carboxylic acids is 1. The van der Waals surface area contributed by atoms with Gasteiger partial charge in [0.05, 0.1) is 12.2 Å². The van der Waals surface area contributed by atoms with E-state index in [2.05, 4.69) is 0 Å². The van der Waals surface area contributed by atoms with Gasteiger partial charge in [-0.15, -0.1) is 11.8 Å². The first-order valence-electron chi connectivity index (χ1n) is 9.53. The number of carbonyl (C=O) groups is 1. The Morgan fingerprint density at radius 3 is 2.41 bits per heavy atom. The van der Waals surface area contributed by atoms with E-state index in [4.69, 9.17) is 4.74 Å². The summed E-state index contributed by atoms with van der Waals surface area (Å²) in [5.41, 5.74) is 1.15. The maximum Gasteiger partial charge on any atom is 0.316 e. The molecule has 1 aliphatic rings. The molecule has 150 valence electrons. The van der Waals surface area contributed by atoms with Gasteiger partial charge in [0.2, 0.25) is 6.04 Å². The van der Waals surface area contributed by atoms with Crippen molar-refractivity contribution in [3.8, 4) is 0 Å². The molecule has 0 amide bonds. The molecule has 1 saturated carbocycles. The Kier molecular flexibility index (Phi) is 7.68. The largest absolute Gasteiger partial charge is 0.481 e. The number of aryl methyl sites for hydroxylation is 1. The fourth-order valence-corrected chi connectivity index (χ4v) is 5.07. The summed E-state index contributed by atoms with van der Waals surface area (Å²) in [7, 11) is 0. The number of benzene rings is 1. The van der Waals surface area contributed by atoms with Crippen LogP contribution in [0.5, 0.6) is 0 Å². The second kappa shape index (κ2) is 9.55. The van der Waals surface area contributed by atoms with Crippen LogP contribution < -0.4 is 0 Å². The number of hydrogen-bond acceptors (Lipinski definition) is 5. The Bertz CT molecular complexity index is 646. The Hall–Kier alpha value is -1.60. The number of nitrogens with zero attached hydrogens (tertiary/aromatic N) is 1. The maximum atomic E-state index is 12.0. The molecule has 1 aromatic carbocycles. The van der Waals surface area contributed by atoms with Gasteiger partial charge in [-0.3, -0.25) is 14.9 Å². The Labute approximate surface area is 164 Å². The predicted molar refractivity (Wildman–Crippen MR) is 106 cm³/mol. The number of carboxylic acid groups (broad SMARTS) is 1. The molecule has 0 bridgehead atoms. The SMILES string of the molecule is CCC(CC)O[C@@H]1[C@H](Sc2ccc(C)cc2)[C@H](C)C[C@H]([N+](=O)[O-])[C@H]1C(=O)O. The Morgan fingerprint density at radius 1 is 1.33 bits per heavy atom. The third-order valence-corrected chi connectivity index (χ3v) is 6.93. The molecule has 2 rings (SSSR count). The summed E-state index contributed by atoms with van der Waals surface area (Å²) in [5.74, 6) is -2.31. The third kappa shape index (κ3) is 5.23. The van der Waals surface area contributed by atoms with E-state index in [-0.39, 0.29) is 23.7 Å². The van der Waals surface area contributed by atoms with Gasteiger partial charge in [0.15, 0.2) is 5.92 Å². The molecule has 6 nitrogen and oxygen atoms in total. The smallest absolute Gasteiger partial charge is 0.316 e. The second-order valence-electron chi connectivity index (χ2n) is 7.36. The van der Waals surface area contributed by atoms with Crippen molar-refractivity contribution in [2.75, 3.05) is 0 Å². The molecule has 0 unspecified atom stereocenters. The van der Waals surface area contributed by atoms with E-state index in [1.807, 2.05) is 52.0 Å². The zero-order valence-corrected chi connectivity index (χ0v) is 17.1. The third-order valence-electron chi connectivity index (χ3n) is 5.38. The molecule has 7 heteroatoms. The van der Waals surface area contributed by atoms with E-state index < -0.39 is 29.0 Å². The zero-order chi connectivity index (χ0) is 20.1. The van der Waals surface area contributed by atoms with Crippen molar-refractivity contribution < 1.29 is 19.6 Å². The Morgan fingerprint density at radius 2 is 1.93 bits per heavy atom. The lowest BCUT2D eigenvalue weighted by atomic mass is 9.76. The fraction of sp³-hybridized carbons (Fsp3) is 0.650. The van der Waals surface area contributed by atoms with Crippen LogP contribution >= 0.6 is 11.8 Å². The fourth-order valence-electron chi connectivity index (χ4n) is 3.75. The zero-order valence-electron chi connectivity index (χ0n) is 16.3. The van der Waals surface area contributed by atoms with E-state index >= 15 is 0 Å². The highest BCUT2D eigenvalue weighted by atomic mass is 32.2. The van der Waals surface area contributed by atoms with Gasteiger partial charge in [-0.1, -0.05) is 38.5 Å². The van der Waals surface area contributed by atoms with E-state index in [9.17, 15) is 20.0 Å². The van der Waals surface area contributed by atoms with Crippen molar-refractivity contribution in [3.63, 3.8) is 0 Å². The van der Waals surface area contributed by atoms with Crippen molar-refractivity contribution in [1.29, 1.82) is 0 Å². The molecule has 0 spiro atoms. The molecule has 0 radical (unpaired) electrons. The molecule has 0 heterocycles. The first-order chi connectivity index (χ1) is 12.8. The molecular weight excluding hydrogens is 366 g/mol. The first kappa shape index (κ1) is 21.7. The normalized spacial score (nSPS) is 28.3. The summed E-state index contributed by atoms with van der Waals surface area (Å²) >= 11 is 1.58. The summed E-state index contributed by atoms with van der Waals surface area (Å²) in [6, 6.07) is 6.93. The minimum atomic E-state index is -1.14. The van der Waals surface area contributed by atoms with E-state index in [1.165, 1.54) is 0 Å². The number of rotatable bonds is 8. The monoisotopic (exact) mass is 395 g/mol. The van der Waals surface area contributed by atoms with E-state index in [0.29, 0.717) is 0 Å². The van der Waals surface area contributed by atoms with Crippen LogP contribution in [0.25, 0.3) is 0 Å². The number of ether oxygens (including phenoxy) is 1. The van der Waals surface area contributed by atoms with Gasteiger partial charge in [0.25, 0.3) is 0 Å². The van der Waals surface area contributed by atoms with Gasteiger partial charge >= 0.3 is 5.97 Å². The molecule has 27 heavy (non-hydrogen) atoms. The lowest BCUT2D eigenvalue weighted by Gasteiger charge is -2.42. The first-order valence-corrected chi connectivity index (χ1v) is 10.4. The van der Waals surface area contributed by atoms with Crippen molar-refractivity contribution >= 4 is 17.7 Å². The summed E-state index contributed by atoms with van der Waals surface area (Å²) in [4.78, 5) is 24.1. The van der Waals surface area contributed by atoms with Crippen LogP contribution in [-0.4, -0.2) is 39.5 Å². The molecule has 0 aliphatic heterocycles. The standard InChI is InChI=1S/C20H29NO5S/c1-5-14(6-2)26-18-17(20(22)23)16(21(24)25)11-13(4)19(18)27-15-9-7-12(3)8-10-15/h7-10,13-14,16-19H,5-6,11H2,1-4H3,(H,22,23)/t13-,16+,17-,18+,19-/m1/s1. The van der Waals surface area contributed by atoms with Crippen molar-refractivity contribution in [1.82, 2.24) is 0 Å². The minimum absolute atomic E-state index is 0.0262. The molecule has 0 aromatic heterocycles. The van der Waals surface area contributed by atoms with Gasteiger partial charge in [-0.2, -0.15) is 0 Å². The molecule has 5 atom stereocenters. The molecule has 1 aliphatic carbocycles. The summed E-state index contributed by atoms with van der Waals surface area (Å²) in [6.07, 6.45) is 0.946. The van der Waals surface area contributed by atoms with Gasteiger partial charge in [0.1, 0.15) is 0 Å². The minimum Gasteiger partial charge on any atom is -0.481 e. The van der Waals surface area contributed by atoms with Crippen LogP contribution in [0, 0.1) is 28.9 Å². The lowest BCUT2D eigenvalue weighted by Crippen LogP contribution is -2.55. The van der Waals surface area contributed by atoms with Crippen LogP contribution in [0.2, 0.25) is 0 Å². The molecular formula is C20H29NO5S. The highest BCUT2D eigenvalue weighted by Crippen LogP contribution is 2.43. The van der Waals surface area contributed by atoms with Crippen molar-refractivity contribution in [2.24, 2.45) is 11.8 Å². The van der Waals surface area contributed by atoms with Crippen LogP contribution in [-0.2, 0) is 9.53 Å². The molecule has 1 N–H and O–H groups in total. The number of nitro groups is 1. The maximum absolute atomic E-state index is 12.0. The van der Waals surface area contributed by atoms with Crippen LogP contribution in [0.3, 0.4) is 0 Å². The van der Waals surface area contributed by atoms with Gasteiger partial charge < -0.3 is 9.84 Å². The average molecular weight is 396 g/mol. The number of hydrogen-bond donors (Lipinski definition) is 1. The van der Waals surface area contributed by atoms with Crippen LogP contribution in [0.15, 0.2) is 29.2 Å². The molecule has 0 saturated heterocycles. The van der Waals surface area contributed by atoms with Crippen LogP contribution in [0.4, 0.5) is 0 Å². The summed E-state index contributed by atoms with van der Waals surface area (Å²) in [5, 5.41) is 21.2. The Balaban J connectivity index is 2.38. The van der Waals surface area contributed by atoms with Gasteiger partial charge in [0, 0.05) is 21.5 Å². The highest BCUT2D eigenvalue weighted by Gasteiger charge is 2.53. The predicted octanol–water partition coefficient (Wildman–Crippen LogP) is 4.42.